The minimum absolute atomic E-state index is 0.899. The summed E-state index contributed by atoms with van der Waals surface area (Å²) in [6.45, 7) is 1.95. The first-order valence-corrected chi connectivity index (χ1v) is 2.41. The largest absolute Gasteiger partial charge is 0.185 e. The van der Waals surface area contributed by atoms with E-state index in [4.69, 9.17) is 5.26 Å². The first kappa shape index (κ1) is 4.84. The first-order chi connectivity index (χ1) is 2.41. The Labute approximate surface area is 36.0 Å². The van der Waals surface area contributed by atoms with E-state index in [9.17, 15) is 0 Å². The zero-order valence-corrected chi connectivity index (χ0v) is 3.88. The van der Waals surface area contributed by atoms with Gasteiger partial charge in [0.05, 0.1) is 0 Å². The van der Waals surface area contributed by atoms with Crippen molar-refractivity contribution in [3.05, 3.63) is 0 Å². The van der Waals surface area contributed by atoms with Crippen LogP contribution in [-0.2, 0) is 0 Å². The lowest BCUT2D eigenvalue weighted by molar-refractivity contribution is 1.52. The van der Waals surface area contributed by atoms with Crippen molar-refractivity contribution in [3.63, 3.8) is 0 Å². The number of rotatable bonds is 1. The predicted molar refractivity (Wildman–Crippen MR) is 23.7 cm³/mol. The molecule has 28 valence electrons. The van der Waals surface area contributed by atoms with Crippen LogP contribution in [0.3, 0.4) is 0 Å². The molecular formula is C3H5NS. The molecule has 0 atom stereocenters. The molecule has 0 aromatic heterocycles. The lowest BCUT2D eigenvalue weighted by atomic mass is 11.0. The van der Waals surface area contributed by atoms with Crippen LogP contribution < -0.4 is 0 Å². The zero-order valence-electron chi connectivity index (χ0n) is 3.06. The van der Waals surface area contributed by atoms with Crippen LogP contribution in [0.2, 0.25) is 0 Å². The fourth-order valence-electron chi connectivity index (χ4n) is 0.0645. The van der Waals surface area contributed by atoms with Crippen molar-refractivity contribution in [2.75, 3.05) is 5.75 Å². The van der Waals surface area contributed by atoms with Gasteiger partial charge in [-0.2, -0.15) is 5.26 Å². The van der Waals surface area contributed by atoms with E-state index >= 15 is 0 Å². The Bertz CT molecular complexity index is 45.3. The molecule has 5 heavy (non-hydrogen) atoms. The summed E-state index contributed by atoms with van der Waals surface area (Å²) in [5.41, 5.74) is 0. The Morgan fingerprint density at radius 2 is 2.60 bits per heavy atom. The van der Waals surface area contributed by atoms with Gasteiger partial charge in [0.15, 0.2) is 0 Å². The van der Waals surface area contributed by atoms with E-state index in [0.717, 1.165) is 5.75 Å². The Morgan fingerprint density at radius 1 is 2.00 bits per heavy atom. The first-order valence-electron chi connectivity index (χ1n) is 1.42. The van der Waals surface area contributed by atoms with Crippen LogP contribution in [0.1, 0.15) is 6.92 Å². The Kier molecular flexibility index (Phi) is 3.72. The van der Waals surface area contributed by atoms with Crippen LogP contribution in [0.15, 0.2) is 0 Å². The topological polar surface area (TPSA) is 23.8 Å². The van der Waals surface area contributed by atoms with Gasteiger partial charge in [-0.3, -0.25) is 0 Å². The van der Waals surface area contributed by atoms with Gasteiger partial charge < -0.3 is 0 Å². The second-order valence-corrected chi connectivity index (χ2v) is 1.57. The summed E-state index contributed by atoms with van der Waals surface area (Å²) in [6, 6.07) is 0. The number of nitriles is 1. The number of hydrogen-bond donors (Lipinski definition) is 0. The van der Waals surface area contributed by atoms with Gasteiger partial charge in [0.25, 0.3) is 0 Å². The third kappa shape index (κ3) is 3.84. The molecule has 0 amide bonds. The summed E-state index contributed by atoms with van der Waals surface area (Å²) in [6.07, 6.45) is 0. The lowest BCUT2D eigenvalue weighted by Crippen LogP contribution is -1.52. The molecule has 0 unspecified atom stereocenters. The maximum Gasteiger partial charge on any atom is 0.133 e. The van der Waals surface area contributed by atoms with Crippen molar-refractivity contribution in [1.82, 2.24) is 0 Å². The summed E-state index contributed by atoms with van der Waals surface area (Å²) < 4.78 is 0. The van der Waals surface area contributed by atoms with E-state index in [2.05, 4.69) is 0 Å². The van der Waals surface area contributed by atoms with Gasteiger partial charge >= 0.3 is 0 Å². The van der Waals surface area contributed by atoms with Crippen molar-refractivity contribution in [2.24, 2.45) is 0 Å². The molecule has 0 N–H and O–H groups in total. The molecular weight excluding hydrogens is 82.1 g/mol. The van der Waals surface area contributed by atoms with E-state index in [1.54, 1.807) is 0 Å². The predicted octanol–water partition coefficient (Wildman–Crippen LogP) is 1.22. The molecule has 1 nitrogen and oxygen atoms in total. The maximum atomic E-state index is 7.78. The zero-order chi connectivity index (χ0) is 4.12. The molecule has 0 aliphatic carbocycles. The van der Waals surface area contributed by atoms with E-state index in [0.29, 0.717) is 0 Å². The smallest absolute Gasteiger partial charge is 0.133 e. The van der Waals surface area contributed by atoms with Crippen LogP contribution in [0.25, 0.3) is 0 Å². The van der Waals surface area contributed by atoms with Crippen molar-refractivity contribution < 1.29 is 0 Å². The molecule has 0 radical (unpaired) electrons. The second-order valence-electron chi connectivity index (χ2n) is 0.524. The number of thioether (sulfide) groups is 1. The highest BCUT2D eigenvalue weighted by Crippen LogP contribution is 1.89. The van der Waals surface area contributed by atoms with Gasteiger partial charge in [-0.1, -0.05) is 6.92 Å². The molecule has 0 aromatic rings. The van der Waals surface area contributed by atoms with Crippen LogP contribution in [0.5, 0.6) is 0 Å². The van der Waals surface area contributed by atoms with E-state index in [-0.39, 0.29) is 0 Å². The highest BCUT2D eigenvalue weighted by molar-refractivity contribution is 8.03. The van der Waals surface area contributed by atoms with Gasteiger partial charge in [0.2, 0.25) is 0 Å². The third-order valence-electron chi connectivity index (χ3n) is 0.209. The monoisotopic (exact) mass is 87.0 g/mol. The van der Waals surface area contributed by atoms with E-state index < -0.39 is 0 Å². The molecule has 0 heterocycles. The summed E-state index contributed by atoms with van der Waals surface area (Å²) in [5, 5.41) is 9.71. The molecule has 0 aromatic carbocycles. The molecule has 0 saturated heterocycles. The molecule has 2 heteroatoms. The van der Waals surface area contributed by atoms with Crippen LogP contribution in [0, 0.1) is 10.7 Å². The molecule has 0 aliphatic rings. The highest BCUT2D eigenvalue weighted by Gasteiger charge is 1.65. The Hall–Kier alpha value is -0.160. The average molecular weight is 87.1 g/mol. The Morgan fingerprint density at radius 3 is 2.60 bits per heavy atom. The van der Waals surface area contributed by atoms with Gasteiger partial charge in [-0.05, 0) is 11.8 Å². The maximum absolute atomic E-state index is 7.78. The summed E-state index contributed by atoms with van der Waals surface area (Å²) in [5.74, 6) is 0.899. The lowest BCUT2D eigenvalue weighted by Gasteiger charge is -1.65. The van der Waals surface area contributed by atoms with Crippen LogP contribution >= 0.6 is 11.8 Å². The van der Waals surface area contributed by atoms with Crippen molar-refractivity contribution >= 4 is 11.8 Å². The third-order valence-corrected chi connectivity index (χ3v) is 0.627. The minimum Gasteiger partial charge on any atom is -0.185 e. The summed E-state index contributed by atoms with van der Waals surface area (Å²) >= 11 is 1.27. The molecule has 0 saturated carbocycles. The average Bonchev–Trinajstić information content (AvgIpc) is 1.41. The number of hydrogen-bond acceptors (Lipinski definition) is 2. The van der Waals surface area contributed by atoms with Crippen molar-refractivity contribution in [3.8, 4) is 5.40 Å². The molecule has 0 rings (SSSR count). The number of nitrogens with zero attached hydrogens (tertiary/aromatic N) is 1. The van der Waals surface area contributed by atoms with Crippen molar-refractivity contribution in [1.29, 1.82) is 5.26 Å². The molecule has 0 aliphatic heterocycles. The van der Waals surface area contributed by atoms with Gasteiger partial charge in [-0.15, -0.1) is 0 Å². The minimum atomic E-state index is 0.899. The fourth-order valence-corrected chi connectivity index (χ4v) is 0.194. The van der Waals surface area contributed by atoms with Crippen LogP contribution in [-0.4, -0.2) is 5.75 Å². The summed E-state index contributed by atoms with van der Waals surface area (Å²) in [7, 11) is 0. The molecule has 0 fully saturated rings. The Balaban J connectivity index is 2.48. The number of thiocyanates is 1. The van der Waals surface area contributed by atoms with Gasteiger partial charge in [-0.25, -0.2) is 0 Å². The second kappa shape index (κ2) is 3.84. The van der Waals surface area contributed by atoms with E-state index in [1.165, 1.54) is 11.8 Å². The van der Waals surface area contributed by atoms with Gasteiger partial charge in [0, 0.05) is 5.75 Å². The van der Waals surface area contributed by atoms with E-state index in [1.807, 2.05) is 12.3 Å². The fraction of sp³-hybridized carbons (Fsp3) is 0.667. The van der Waals surface area contributed by atoms with Gasteiger partial charge in [0.1, 0.15) is 5.40 Å². The van der Waals surface area contributed by atoms with Crippen molar-refractivity contribution in [2.45, 2.75) is 6.92 Å². The normalized spacial score (nSPS) is 6.40. The quantitative estimate of drug-likeness (QED) is 0.449. The summed E-state index contributed by atoms with van der Waals surface area (Å²) in [4.78, 5) is 0. The van der Waals surface area contributed by atoms with Crippen LogP contribution in [0.4, 0.5) is 0 Å². The highest BCUT2D eigenvalue weighted by atomic mass is 32.2. The SMILES string of the molecule is CCSC#N. The molecule has 0 spiro atoms. The standard InChI is InChI=1S/C3H5NS/c1-2-5-3-4/h2H2,1H3. The molecule has 0 bridgehead atoms.